The predicted molar refractivity (Wildman–Crippen MR) is 70.5 cm³/mol. The van der Waals surface area contributed by atoms with Gasteiger partial charge in [-0.2, -0.15) is 0 Å². The lowest BCUT2D eigenvalue weighted by Crippen LogP contribution is -2.15. The highest BCUT2D eigenvalue weighted by atomic mass is 16.5. The Morgan fingerprint density at radius 2 is 2.06 bits per heavy atom. The molecule has 1 aromatic rings. The van der Waals surface area contributed by atoms with Crippen LogP contribution in [-0.2, 0) is 0 Å². The van der Waals surface area contributed by atoms with Gasteiger partial charge in [-0.15, -0.1) is 0 Å². The number of benzene rings is 1. The lowest BCUT2D eigenvalue weighted by molar-refractivity contribution is 0.190. The molecule has 17 heavy (non-hydrogen) atoms. The SMILES string of the molecule is Cc1ccc(OCCCN(C)C)c([C@H](C)O)c1. The van der Waals surface area contributed by atoms with Crippen molar-refractivity contribution in [2.24, 2.45) is 0 Å². The van der Waals surface area contributed by atoms with E-state index in [2.05, 4.69) is 4.90 Å². The van der Waals surface area contributed by atoms with E-state index in [9.17, 15) is 5.11 Å². The van der Waals surface area contributed by atoms with E-state index in [1.54, 1.807) is 6.92 Å². The van der Waals surface area contributed by atoms with Gasteiger partial charge in [-0.05, 0) is 46.5 Å². The number of aryl methyl sites for hydroxylation is 1. The minimum Gasteiger partial charge on any atom is -0.493 e. The maximum atomic E-state index is 9.69. The second kappa shape index (κ2) is 6.62. The molecule has 0 amide bonds. The van der Waals surface area contributed by atoms with Gasteiger partial charge in [-0.1, -0.05) is 11.6 Å². The molecule has 0 spiro atoms. The lowest BCUT2D eigenvalue weighted by Gasteiger charge is -2.15. The zero-order chi connectivity index (χ0) is 12.8. The smallest absolute Gasteiger partial charge is 0.125 e. The molecule has 0 radical (unpaired) electrons. The van der Waals surface area contributed by atoms with E-state index >= 15 is 0 Å². The minimum atomic E-state index is -0.487. The number of hydrogen-bond donors (Lipinski definition) is 1. The predicted octanol–water partition coefficient (Wildman–Crippen LogP) is 2.38. The summed E-state index contributed by atoms with van der Waals surface area (Å²) in [6.45, 7) is 5.47. The van der Waals surface area contributed by atoms with E-state index in [0.717, 1.165) is 29.8 Å². The molecule has 0 fully saturated rings. The molecule has 3 nitrogen and oxygen atoms in total. The van der Waals surface area contributed by atoms with Crippen LogP contribution in [0.3, 0.4) is 0 Å². The third kappa shape index (κ3) is 4.75. The molecule has 0 heterocycles. The largest absolute Gasteiger partial charge is 0.493 e. The molecular formula is C14H23NO2. The Morgan fingerprint density at radius 1 is 1.35 bits per heavy atom. The van der Waals surface area contributed by atoms with Crippen LogP contribution in [0, 0.1) is 6.92 Å². The normalized spacial score (nSPS) is 12.8. The van der Waals surface area contributed by atoms with Gasteiger partial charge in [0, 0.05) is 12.1 Å². The monoisotopic (exact) mass is 237 g/mol. The van der Waals surface area contributed by atoms with Crippen molar-refractivity contribution in [3.05, 3.63) is 29.3 Å². The Kier molecular flexibility index (Phi) is 5.45. The third-order valence-electron chi connectivity index (χ3n) is 2.62. The fourth-order valence-corrected chi connectivity index (χ4v) is 1.69. The van der Waals surface area contributed by atoms with Crippen LogP contribution in [0.4, 0.5) is 0 Å². The second-order valence-corrected chi connectivity index (χ2v) is 4.72. The third-order valence-corrected chi connectivity index (χ3v) is 2.62. The molecule has 0 saturated carbocycles. The number of hydrogen-bond acceptors (Lipinski definition) is 3. The minimum absolute atomic E-state index is 0.487. The number of aliphatic hydroxyl groups excluding tert-OH is 1. The Morgan fingerprint density at radius 3 is 2.65 bits per heavy atom. The summed E-state index contributed by atoms with van der Waals surface area (Å²) in [5, 5.41) is 9.69. The van der Waals surface area contributed by atoms with Crippen molar-refractivity contribution >= 4 is 0 Å². The van der Waals surface area contributed by atoms with Crippen molar-refractivity contribution in [1.82, 2.24) is 4.90 Å². The first-order valence-corrected chi connectivity index (χ1v) is 6.07. The number of ether oxygens (including phenoxy) is 1. The van der Waals surface area contributed by atoms with E-state index < -0.39 is 6.10 Å². The Hall–Kier alpha value is -1.06. The Balaban J connectivity index is 2.58. The summed E-state index contributed by atoms with van der Waals surface area (Å²) >= 11 is 0. The number of nitrogens with zero attached hydrogens (tertiary/aromatic N) is 1. The van der Waals surface area contributed by atoms with Crippen LogP contribution in [0.2, 0.25) is 0 Å². The fourth-order valence-electron chi connectivity index (χ4n) is 1.69. The molecule has 0 aromatic heterocycles. The maximum Gasteiger partial charge on any atom is 0.125 e. The molecule has 96 valence electrons. The van der Waals surface area contributed by atoms with Crippen LogP contribution in [-0.4, -0.2) is 37.3 Å². The lowest BCUT2D eigenvalue weighted by atomic mass is 10.1. The second-order valence-electron chi connectivity index (χ2n) is 4.72. The summed E-state index contributed by atoms with van der Waals surface area (Å²) in [6.07, 6.45) is 0.499. The molecule has 0 unspecified atom stereocenters. The highest BCUT2D eigenvalue weighted by Crippen LogP contribution is 2.26. The van der Waals surface area contributed by atoms with E-state index in [1.807, 2.05) is 39.2 Å². The molecule has 1 atom stereocenters. The first-order chi connectivity index (χ1) is 8.00. The summed E-state index contributed by atoms with van der Waals surface area (Å²) in [7, 11) is 4.10. The maximum absolute atomic E-state index is 9.69. The van der Waals surface area contributed by atoms with Crippen LogP contribution >= 0.6 is 0 Å². The van der Waals surface area contributed by atoms with Crippen LogP contribution in [0.5, 0.6) is 5.75 Å². The van der Waals surface area contributed by atoms with Gasteiger partial charge in [-0.3, -0.25) is 0 Å². The molecule has 0 aliphatic carbocycles. The molecule has 0 bridgehead atoms. The Bertz CT molecular complexity index is 348. The van der Waals surface area contributed by atoms with Crippen LogP contribution in [0.25, 0.3) is 0 Å². The van der Waals surface area contributed by atoms with Gasteiger partial charge in [0.2, 0.25) is 0 Å². The van der Waals surface area contributed by atoms with Crippen molar-refractivity contribution < 1.29 is 9.84 Å². The standard InChI is InChI=1S/C14H23NO2/c1-11-6-7-14(13(10-11)12(2)16)17-9-5-8-15(3)4/h6-7,10,12,16H,5,8-9H2,1-4H3/t12-/m0/s1. The quantitative estimate of drug-likeness (QED) is 0.771. The average Bonchev–Trinajstić information content (AvgIpc) is 2.25. The van der Waals surface area contributed by atoms with Gasteiger partial charge in [0.25, 0.3) is 0 Å². The first kappa shape index (κ1) is 14.0. The number of rotatable bonds is 6. The van der Waals surface area contributed by atoms with Crippen molar-refractivity contribution in [2.45, 2.75) is 26.4 Å². The molecule has 0 aliphatic heterocycles. The van der Waals surface area contributed by atoms with Crippen molar-refractivity contribution in [2.75, 3.05) is 27.2 Å². The number of aliphatic hydroxyl groups is 1. The van der Waals surface area contributed by atoms with Crippen LogP contribution in [0.15, 0.2) is 18.2 Å². The van der Waals surface area contributed by atoms with Gasteiger partial charge in [-0.25, -0.2) is 0 Å². The molecular weight excluding hydrogens is 214 g/mol. The molecule has 3 heteroatoms. The van der Waals surface area contributed by atoms with Crippen LogP contribution in [0.1, 0.15) is 30.6 Å². The van der Waals surface area contributed by atoms with E-state index in [1.165, 1.54) is 0 Å². The summed E-state index contributed by atoms with van der Waals surface area (Å²) in [5.41, 5.74) is 2.01. The summed E-state index contributed by atoms with van der Waals surface area (Å²) in [5.74, 6) is 0.796. The summed E-state index contributed by atoms with van der Waals surface area (Å²) < 4.78 is 5.72. The highest BCUT2D eigenvalue weighted by molar-refractivity contribution is 5.38. The zero-order valence-electron chi connectivity index (χ0n) is 11.2. The summed E-state index contributed by atoms with van der Waals surface area (Å²) in [6, 6.07) is 5.92. The van der Waals surface area contributed by atoms with E-state index in [4.69, 9.17) is 4.74 Å². The van der Waals surface area contributed by atoms with Gasteiger partial charge >= 0.3 is 0 Å². The Labute approximate surface area is 104 Å². The molecule has 1 rings (SSSR count). The first-order valence-electron chi connectivity index (χ1n) is 6.07. The van der Waals surface area contributed by atoms with Crippen molar-refractivity contribution in [1.29, 1.82) is 0 Å². The average molecular weight is 237 g/mol. The van der Waals surface area contributed by atoms with Gasteiger partial charge in [0.15, 0.2) is 0 Å². The zero-order valence-corrected chi connectivity index (χ0v) is 11.2. The summed E-state index contributed by atoms with van der Waals surface area (Å²) in [4.78, 5) is 2.13. The van der Waals surface area contributed by atoms with Crippen LogP contribution < -0.4 is 4.74 Å². The van der Waals surface area contributed by atoms with Crippen molar-refractivity contribution in [3.63, 3.8) is 0 Å². The fraction of sp³-hybridized carbons (Fsp3) is 0.571. The van der Waals surface area contributed by atoms with Gasteiger partial charge < -0.3 is 14.7 Å². The molecule has 1 aromatic carbocycles. The van der Waals surface area contributed by atoms with E-state index in [0.29, 0.717) is 6.61 Å². The highest BCUT2D eigenvalue weighted by Gasteiger charge is 2.09. The molecule has 0 saturated heterocycles. The van der Waals surface area contributed by atoms with Gasteiger partial charge in [0.05, 0.1) is 12.7 Å². The van der Waals surface area contributed by atoms with E-state index in [-0.39, 0.29) is 0 Å². The van der Waals surface area contributed by atoms with Crippen molar-refractivity contribution in [3.8, 4) is 5.75 Å². The topological polar surface area (TPSA) is 32.7 Å². The molecule has 0 aliphatic rings. The molecule has 1 N–H and O–H groups in total. The van der Waals surface area contributed by atoms with Gasteiger partial charge in [0.1, 0.15) is 5.75 Å².